The fourth-order valence-electron chi connectivity index (χ4n) is 3.59. The standard InChI is InChI=1S/C27H23ClN4O3S3/c1-2-31-38(34,35)21-11-5-18(6-12-21)16-30-26(33)17-37-27-23(15-29)22(19-7-9-20(28)10-8-19)14-24(32-27)25-4-3-13-36-25/h3-14,31H,2,16-17H2,1H3,(H,30,33). The Morgan fingerprint density at radius 3 is 2.50 bits per heavy atom. The lowest BCUT2D eigenvalue weighted by Gasteiger charge is -2.12. The molecule has 0 radical (unpaired) electrons. The van der Waals surface area contributed by atoms with Gasteiger partial charge in [0, 0.05) is 23.7 Å². The van der Waals surface area contributed by atoms with Gasteiger partial charge in [0.15, 0.2) is 0 Å². The number of thioether (sulfide) groups is 1. The average molecular weight is 583 g/mol. The molecule has 2 aromatic heterocycles. The molecule has 0 fully saturated rings. The fraction of sp³-hybridized carbons (Fsp3) is 0.148. The lowest BCUT2D eigenvalue weighted by atomic mass is 10.0. The van der Waals surface area contributed by atoms with Crippen LogP contribution in [-0.2, 0) is 21.4 Å². The summed E-state index contributed by atoms with van der Waals surface area (Å²) in [5.41, 5.74) is 3.43. The van der Waals surface area contributed by atoms with E-state index in [1.165, 1.54) is 23.9 Å². The van der Waals surface area contributed by atoms with Gasteiger partial charge in [-0.15, -0.1) is 11.3 Å². The molecule has 0 aliphatic carbocycles. The number of rotatable bonds is 10. The van der Waals surface area contributed by atoms with E-state index in [9.17, 15) is 18.5 Å². The Bertz CT molecular complexity index is 1570. The number of nitrogens with one attached hydrogen (secondary N) is 2. The van der Waals surface area contributed by atoms with E-state index in [0.29, 0.717) is 22.2 Å². The first-order chi connectivity index (χ1) is 18.3. The Hall–Kier alpha value is -3.20. The number of benzene rings is 2. The van der Waals surface area contributed by atoms with Gasteiger partial charge in [-0.3, -0.25) is 4.79 Å². The van der Waals surface area contributed by atoms with E-state index in [1.54, 1.807) is 42.5 Å². The molecule has 7 nitrogen and oxygen atoms in total. The molecule has 1 amide bonds. The molecule has 0 atom stereocenters. The van der Waals surface area contributed by atoms with E-state index < -0.39 is 10.0 Å². The first kappa shape index (κ1) is 27.8. The number of hydrogen-bond acceptors (Lipinski definition) is 7. The Kier molecular flexibility index (Phi) is 9.20. The van der Waals surface area contributed by atoms with Gasteiger partial charge in [0.05, 0.1) is 26.8 Å². The van der Waals surface area contributed by atoms with Gasteiger partial charge < -0.3 is 5.32 Å². The van der Waals surface area contributed by atoms with E-state index in [0.717, 1.165) is 27.3 Å². The molecule has 0 saturated carbocycles. The molecule has 0 aliphatic rings. The highest BCUT2D eigenvalue weighted by atomic mass is 35.5. The van der Waals surface area contributed by atoms with E-state index in [2.05, 4.69) is 16.1 Å². The molecular weight excluding hydrogens is 560 g/mol. The summed E-state index contributed by atoms with van der Waals surface area (Å²) < 4.78 is 26.6. The molecule has 11 heteroatoms. The van der Waals surface area contributed by atoms with Gasteiger partial charge in [-0.05, 0) is 52.9 Å². The maximum absolute atomic E-state index is 12.6. The number of pyridine rings is 1. The highest BCUT2D eigenvalue weighted by Gasteiger charge is 2.18. The molecule has 4 rings (SSSR count). The minimum atomic E-state index is -3.53. The predicted octanol–water partition coefficient (Wildman–Crippen LogP) is 5.71. The summed E-state index contributed by atoms with van der Waals surface area (Å²) in [6, 6.07) is 21.6. The lowest BCUT2D eigenvalue weighted by Crippen LogP contribution is -2.25. The van der Waals surface area contributed by atoms with Crippen LogP contribution in [-0.4, -0.2) is 31.6 Å². The summed E-state index contributed by atoms with van der Waals surface area (Å²) in [4.78, 5) is 18.5. The van der Waals surface area contributed by atoms with Crippen molar-refractivity contribution in [3.8, 4) is 27.8 Å². The summed E-state index contributed by atoms with van der Waals surface area (Å²) >= 11 is 8.80. The van der Waals surface area contributed by atoms with E-state index in [-0.39, 0.29) is 23.1 Å². The van der Waals surface area contributed by atoms with Crippen LogP contribution in [0.25, 0.3) is 21.7 Å². The van der Waals surface area contributed by atoms with Crippen molar-refractivity contribution in [1.29, 1.82) is 5.26 Å². The number of halogens is 1. The molecule has 0 saturated heterocycles. The smallest absolute Gasteiger partial charge is 0.240 e. The third-order valence-corrected chi connectivity index (χ3v) is 9.11. The summed E-state index contributed by atoms with van der Waals surface area (Å²) in [6.07, 6.45) is 0. The van der Waals surface area contributed by atoms with Crippen LogP contribution in [0.5, 0.6) is 0 Å². The van der Waals surface area contributed by atoms with Gasteiger partial charge in [0.25, 0.3) is 0 Å². The molecule has 2 aromatic carbocycles. The Morgan fingerprint density at radius 1 is 1.13 bits per heavy atom. The zero-order valence-corrected chi connectivity index (χ0v) is 23.5. The van der Waals surface area contributed by atoms with Gasteiger partial charge in [-0.1, -0.05) is 60.6 Å². The van der Waals surface area contributed by atoms with Crippen molar-refractivity contribution in [2.45, 2.75) is 23.4 Å². The maximum atomic E-state index is 12.6. The average Bonchev–Trinajstić information content (AvgIpc) is 3.46. The molecule has 0 aliphatic heterocycles. The van der Waals surface area contributed by atoms with Crippen molar-refractivity contribution >= 4 is 50.6 Å². The number of hydrogen-bond donors (Lipinski definition) is 2. The lowest BCUT2D eigenvalue weighted by molar-refractivity contribution is -0.118. The van der Waals surface area contributed by atoms with E-state index in [4.69, 9.17) is 16.6 Å². The Labute approximate surface area is 234 Å². The van der Waals surface area contributed by atoms with Crippen molar-refractivity contribution < 1.29 is 13.2 Å². The third-order valence-electron chi connectivity index (χ3n) is 5.42. The number of sulfonamides is 1. The number of nitrogens with zero attached hydrogens (tertiary/aromatic N) is 2. The van der Waals surface area contributed by atoms with Crippen molar-refractivity contribution in [3.05, 3.63) is 88.3 Å². The molecule has 38 heavy (non-hydrogen) atoms. The van der Waals surface area contributed by atoms with Gasteiger partial charge in [0.1, 0.15) is 11.1 Å². The van der Waals surface area contributed by atoms with Gasteiger partial charge >= 0.3 is 0 Å². The van der Waals surface area contributed by atoms with Crippen LogP contribution in [0.4, 0.5) is 0 Å². The summed E-state index contributed by atoms with van der Waals surface area (Å²) in [7, 11) is -3.53. The summed E-state index contributed by atoms with van der Waals surface area (Å²) in [5, 5.41) is 15.9. The van der Waals surface area contributed by atoms with Crippen molar-refractivity contribution in [1.82, 2.24) is 15.0 Å². The van der Waals surface area contributed by atoms with Crippen LogP contribution in [0, 0.1) is 11.3 Å². The highest BCUT2D eigenvalue weighted by molar-refractivity contribution is 8.00. The molecule has 2 heterocycles. The quantitative estimate of drug-likeness (QED) is 0.232. The Morgan fingerprint density at radius 2 is 1.87 bits per heavy atom. The Balaban J connectivity index is 1.49. The zero-order valence-electron chi connectivity index (χ0n) is 20.3. The summed E-state index contributed by atoms with van der Waals surface area (Å²) in [6.45, 7) is 2.26. The number of aromatic nitrogens is 1. The zero-order chi connectivity index (χ0) is 27.1. The number of carbonyl (C=O) groups is 1. The minimum Gasteiger partial charge on any atom is -0.351 e. The second-order valence-electron chi connectivity index (χ2n) is 8.04. The topological polar surface area (TPSA) is 112 Å². The van der Waals surface area contributed by atoms with Crippen molar-refractivity contribution in [2.75, 3.05) is 12.3 Å². The fourth-order valence-corrected chi connectivity index (χ4v) is 6.27. The van der Waals surface area contributed by atoms with E-state index >= 15 is 0 Å². The second-order valence-corrected chi connectivity index (χ2v) is 12.2. The molecule has 194 valence electrons. The molecule has 0 spiro atoms. The molecular formula is C27H23ClN4O3S3. The van der Waals surface area contributed by atoms with Crippen LogP contribution in [0.15, 0.2) is 82.0 Å². The number of thiophene rings is 1. The largest absolute Gasteiger partial charge is 0.351 e. The minimum absolute atomic E-state index is 0.0581. The molecule has 4 aromatic rings. The second kappa shape index (κ2) is 12.6. The third kappa shape index (κ3) is 6.81. The van der Waals surface area contributed by atoms with Gasteiger partial charge in [-0.2, -0.15) is 5.26 Å². The van der Waals surface area contributed by atoms with Gasteiger partial charge in [-0.25, -0.2) is 18.1 Å². The van der Waals surface area contributed by atoms with Gasteiger partial charge in [0.2, 0.25) is 15.9 Å². The first-order valence-corrected chi connectivity index (χ1v) is 15.3. The predicted molar refractivity (Wildman–Crippen MR) is 153 cm³/mol. The maximum Gasteiger partial charge on any atom is 0.240 e. The van der Waals surface area contributed by atoms with Crippen molar-refractivity contribution in [3.63, 3.8) is 0 Å². The normalized spacial score (nSPS) is 11.2. The van der Waals surface area contributed by atoms with Crippen LogP contribution in [0.3, 0.4) is 0 Å². The number of nitriles is 1. The molecule has 2 N–H and O–H groups in total. The van der Waals surface area contributed by atoms with Crippen molar-refractivity contribution in [2.24, 2.45) is 0 Å². The number of carbonyl (C=O) groups excluding carboxylic acids is 1. The van der Waals surface area contributed by atoms with Crippen LogP contribution < -0.4 is 10.0 Å². The first-order valence-electron chi connectivity index (χ1n) is 11.5. The SMILES string of the molecule is CCNS(=O)(=O)c1ccc(CNC(=O)CSc2nc(-c3cccs3)cc(-c3ccc(Cl)cc3)c2C#N)cc1. The number of amides is 1. The molecule has 0 unspecified atom stereocenters. The summed E-state index contributed by atoms with van der Waals surface area (Å²) in [5.74, 6) is -0.178. The van der Waals surface area contributed by atoms with Crippen LogP contribution in [0.1, 0.15) is 18.1 Å². The molecule has 0 bridgehead atoms. The highest BCUT2D eigenvalue weighted by Crippen LogP contribution is 2.35. The van der Waals surface area contributed by atoms with Crippen LogP contribution in [0.2, 0.25) is 5.02 Å². The monoisotopic (exact) mass is 582 g/mol. The van der Waals surface area contributed by atoms with E-state index in [1.807, 2.05) is 35.7 Å². The van der Waals surface area contributed by atoms with Crippen LogP contribution >= 0.6 is 34.7 Å².